The highest BCUT2D eigenvalue weighted by Crippen LogP contribution is 2.01. The minimum atomic E-state index is -0.924. The Morgan fingerprint density at radius 3 is 2.22 bits per heavy atom. The van der Waals surface area contributed by atoms with Gasteiger partial charge in [-0.2, -0.15) is 12.6 Å². The molecular weight excluding hydrogens is 374 g/mol. The minimum absolute atomic E-state index is 0.0773. The smallest absolute Gasteiger partial charge is 0.243 e. The van der Waals surface area contributed by atoms with Crippen LogP contribution in [0.5, 0.6) is 0 Å². The largest absolute Gasteiger partial charge is 0.370 e. The fourth-order valence-corrected chi connectivity index (χ4v) is 2.06. The van der Waals surface area contributed by atoms with Crippen molar-refractivity contribution in [2.24, 2.45) is 22.2 Å². The van der Waals surface area contributed by atoms with Crippen LogP contribution in [0.3, 0.4) is 0 Å². The third-order valence-corrected chi connectivity index (χ3v) is 3.83. The van der Waals surface area contributed by atoms with Gasteiger partial charge in [0.25, 0.3) is 0 Å². The lowest BCUT2D eigenvalue weighted by molar-refractivity contribution is -0.132. The Morgan fingerprint density at radius 2 is 1.70 bits per heavy atom. The van der Waals surface area contributed by atoms with Gasteiger partial charge in [0.1, 0.15) is 18.4 Å². The van der Waals surface area contributed by atoms with Crippen LogP contribution in [0.25, 0.3) is 0 Å². The van der Waals surface area contributed by atoms with Crippen LogP contribution in [-0.2, 0) is 19.2 Å². The Balaban J connectivity index is 4.90. The van der Waals surface area contributed by atoms with Gasteiger partial charge in [-0.3, -0.25) is 19.4 Å². The van der Waals surface area contributed by atoms with Crippen molar-refractivity contribution in [1.82, 2.24) is 16.0 Å². The summed E-state index contributed by atoms with van der Waals surface area (Å²) in [5.74, 6) is -1.59. The Labute approximate surface area is 163 Å². The summed E-state index contributed by atoms with van der Waals surface area (Å²) in [6.45, 7) is 3.24. The molecule has 154 valence electrons. The molecule has 0 aliphatic heterocycles. The maximum absolute atomic E-state index is 12.3. The number of thiol groups is 1. The average Bonchev–Trinajstić information content (AvgIpc) is 2.62. The molecule has 0 aromatic rings. The number of carbonyl (C=O) groups is 4. The van der Waals surface area contributed by atoms with E-state index in [0.29, 0.717) is 12.7 Å². The maximum atomic E-state index is 12.3. The fourth-order valence-electron chi connectivity index (χ4n) is 1.90. The van der Waals surface area contributed by atoms with Gasteiger partial charge in [0.2, 0.25) is 17.7 Å². The van der Waals surface area contributed by atoms with E-state index >= 15 is 0 Å². The highest BCUT2D eigenvalue weighted by molar-refractivity contribution is 7.80. The Bertz CT molecular complexity index is 554. The predicted octanol–water partition coefficient (Wildman–Crippen LogP) is -3.01. The molecule has 9 N–H and O–H groups in total. The molecule has 0 aliphatic carbocycles. The molecule has 0 aliphatic rings. The number of nitrogens with two attached hydrogens (primary N) is 3. The molecule has 0 fully saturated rings. The van der Waals surface area contributed by atoms with Gasteiger partial charge in [0.15, 0.2) is 5.96 Å². The van der Waals surface area contributed by atoms with Gasteiger partial charge in [-0.1, -0.05) is 0 Å². The summed E-state index contributed by atoms with van der Waals surface area (Å²) in [4.78, 5) is 50.9. The summed E-state index contributed by atoms with van der Waals surface area (Å²) in [5, 5.41) is 7.45. The molecule has 0 rings (SSSR count). The van der Waals surface area contributed by atoms with Gasteiger partial charge in [-0.05, 0) is 26.7 Å². The van der Waals surface area contributed by atoms with E-state index in [2.05, 4.69) is 33.6 Å². The molecule has 0 aromatic heterocycles. The van der Waals surface area contributed by atoms with Gasteiger partial charge < -0.3 is 37.9 Å². The number of rotatable bonds is 12. The monoisotopic (exact) mass is 403 g/mol. The summed E-state index contributed by atoms with van der Waals surface area (Å²) < 4.78 is 0. The van der Waals surface area contributed by atoms with Crippen molar-refractivity contribution in [1.29, 1.82) is 0 Å². The third kappa shape index (κ3) is 10.4. The lowest BCUT2D eigenvalue weighted by atomic mass is 10.1. The number of hydrogen-bond donors (Lipinski definition) is 7. The summed E-state index contributed by atoms with van der Waals surface area (Å²) in [6, 6.07) is -3.40. The van der Waals surface area contributed by atoms with E-state index in [-0.39, 0.29) is 24.7 Å². The van der Waals surface area contributed by atoms with Crippen molar-refractivity contribution in [2.75, 3.05) is 12.3 Å². The van der Waals surface area contributed by atoms with Crippen LogP contribution in [0.4, 0.5) is 0 Å². The molecule has 0 heterocycles. The Hall–Kier alpha value is -2.34. The fraction of sp³-hybridized carbons (Fsp3) is 0.667. The second kappa shape index (κ2) is 12.9. The number of hydrogen-bond acceptors (Lipinski definition) is 7. The van der Waals surface area contributed by atoms with Crippen LogP contribution in [0.2, 0.25) is 0 Å². The van der Waals surface area contributed by atoms with Crippen LogP contribution in [0.15, 0.2) is 4.99 Å². The van der Waals surface area contributed by atoms with Crippen molar-refractivity contribution < 1.29 is 19.2 Å². The lowest BCUT2D eigenvalue weighted by Crippen LogP contribution is -2.55. The molecule has 27 heavy (non-hydrogen) atoms. The molecule has 0 saturated heterocycles. The van der Waals surface area contributed by atoms with Crippen LogP contribution in [0.1, 0.15) is 26.7 Å². The van der Waals surface area contributed by atoms with Crippen LogP contribution in [-0.4, -0.2) is 66.4 Å². The van der Waals surface area contributed by atoms with E-state index in [1.807, 2.05) is 0 Å². The number of nitrogens with zero attached hydrogens (tertiary/aromatic N) is 1. The first kappa shape index (κ1) is 24.7. The molecule has 0 unspecified atom stereocenters. The topological polar surface area (TPSA) is 195 Å². The molecule has 3 amide bonds. The molecule has 0 radical (unpaired) electrons. The van der Waals surface area contributed by atoms with E-state index in [1.54, 1.807) is 0 Å². The predicted molar refractivity (Wildman–Crippen MR) is 105 cm³/mol. The second-order valence-electron chi connectivity index (χ2n) is 5.96. The normalized spacial score (nSPS) is 14.8. The molecule has 12 heteroatoms. The molecule has 0 spiro atoms. The standard InChI is InChI=1S/C15H29N7O4S/c1-8(6-23)20-14(26)11(4-3-5-19-15(17)18)22-12(24)9(2)21-13(25)10(16)7-27/h6,8-11,27H,3-5,7,16H2,1-2H3,(H,20,26)(H,21,25)(H,22,24)(H4,17,18,19)/t8-,9-,10-,11-/m0/s1. The first-order valence-electron chi connectivity index (χ1n) is 8.40. The second-order valence-corrected chi connectivity index (χ2v) is 6.33. The number of amides is 3. The summed E-state index contributed by atoms with van der Waals surface area (Å²) >= 11 is 3.92. The molecule has 0 aromatic carbocycles. The van der Waals surface area contributed by atoms with Gasteiger partial charge in [0.05, 0.1) is 12.1 Å². The first-order chi connectivity index (χ1) is 12.6. The highest BCUT2D eigenvalue weighted by atomic mass is 32.1. The average molecular weight is 404 g/mol. The highest BCUT2D eigenvalue weighted by Gasteiger charge is 2.25. The van der Waals surface area contributed by atoms with Crippen molar-refractivity contribution >= 4 is 42.6 Å². The zero-order valence-corrected chi connectivity index (χ0v) is 16.4. The van der Waals surface area contributed by atoms with Crippen molar-refractivity contribution in [3.05, 3.63) is 0 Å². The Kier molecular flexibility index (Phi) is 11.8. The molecule has 0 bridgehead atoms. The van der Waals surface area contributed by atoms with Gasteiger partial charge >= 0.3 is 0 Å². The summed E-state index contributed by atoms with van der Waals surface area (Å²) in [6.07, 6.45) is 1.21. The van der Waals surface area contributed by atoms with E-state index in [9.17, 15) is 19.2 Å². The van der Waals surface area contributed by atoms with E-state index in [4.69, 9.17) is 17.2 Å². The van der Waals surface area contributed by atoms with Crippen molar-refractivity contribution in [3.8, 4) is 0 Å². The van der Waals surface area contributed by atoms with Gasteiger partial charge in [0, 0.05) is 12.3 Å². The SMILES string of the molecule is C[C@H](NC(=O)[C@@H](N)CS)C(=O)N[C@@H](CCCN=C(N)N)C(=O)N[C@@H](C)C=O. The number of aldehydes is 1. The van der Waals surface area contributed by atoms with Gasteiger partial charge in [-0.15, -0.1) is 0 Å². The Morgan fingerprint density at radius 1 is 1.07 bits per heavy atom. The lowest BCUT2D eigenvalue weighted by Gasteiger charge is -2.22. The number of nitrogens with one attached hydrogen (secondary N) is 3. The third-order valence-electron chi connectivity index (χ3n) is 3.44. The zero-order valence-electron chi connectivity index (χ0n) is 15.5. The van der Waals surface area contributed by atoms with E-state index in [0.717, 1.165) is 0 Å². The molecular formula is C15H29N7O4S. The molecule has 11 nitrogen and oxygen atoms in total. The van der Waals surface area contributed by atoms with Crippen LogP contribution in [0, 0.1) is 0 Å². The number of guanidine groups is 1. The zero-order chi connectivity index (χ0) is 21.0. The minimum Gasteiger partial charge on any atom is -0.370 e. The van der Waals surface area contributed by atoms with E-state index < -0.39 is 41.9 Å². The molecule has 4 atom stereocenters. The number of carbonyl (C=O) groups excluding carboxylic acids is 4. The van der Waals surface area contributed by atoms with Crippen LogP contribution < -0.4 is 33.2 Å². The maximum Gasteiger partial charge on any atom is 0.243 e. The quantitative estimate of drug-likeness (QED) is 0.0592. The van der Waals surface area contributed by atoms with Gasteiger partial charge in [-0.25, -0.2) is 0 Å². The van der Waals surface area contributed by atoms with Crippen LogP contribution >= 0.6 is 12.6 Å². The van der Waals surface area contributed by atoms with Crippen molar-refractivity contribution in [3.63, 3.8) is 0 Å². The van der Waals surface area contributed by atoms with Crippen molar-refractivity contribution in [2.45, 2.75) is 50.9 Å². The first-order valence-corrected chi connectivity index (χ1v) is 9.03. The summed E-state index contributed by atoms with van der Waals surface area (Å²) in [5.41, 5.74) is 16.0. The number of aliphatic imine (C=N–C) groups is 1. The molecule has 0 saturated carbocycles. The van der Waals surface area contributed by atoms with E-state index in [1.165, 1.54) is 13.8 Å². The summed E-state index contributed by atoms with van der Waals surface area (Å²) in [7, 11) is 0.